The zero-order valence-corrected chi connectivity index (χ0v) is 15.6. The minimum Gasteiger partial charge on any atom is -0.494 e. The molecular formula is C21H25NO5. The second-order valence-corrected chi connectivity index (χ2v) is 5.98. The summed E-state index contributed by atoms with van der Waals surface area (Å²) in [4.78, 5) is 24.1. The van der Waals surface area contributed by atoms with Crippen LogP contribution in [0.15, 0.2) is 54.6 Å². The third kappa shape index (κ3) is 7.01. The van der Waals surface area contributed by atoms with Crippen molar-refractivity contribution >= 4 is 12.1 Å². The highest BCUT2D eigenvalue weighted by Gasteiger charge is 2.22. The van der Waals surface area contributed by atoms with E-state index in [0.29, 0.717) is 13.0 Å². The fraction of sp³-hybridized carbons (Fsp3) is 0.333. The van der Waals surface area contributed by atoms with E-state index in [1.165, 1.54) is 7.11 Å². The van der Waals surface area contributed by atoms with Crippen molar-refractivity contribution in [3.05, 3.63) is 65.7 Å². The van der Waals surface area contributed by atoms with Crippen LogP contribution in [0.5, 0.6) is 5.75 Å². The average molecular weight is 371 g/mol. The summed E-state index contributed by atoms with van der Waals surface area (Å²) in [6.45, 7) is 2.82. The van der Waals surface area contributed by atoms with Gasteiger partial charge in [0.25, 0.3) is 0 Å². The topological polar surface area (TPSA) is 73.9 Å². The molecule has 2 aromatic rings. The average Bonchev–Trinajstić information content (AvgIpc) is 2.71. The summed E-state index contributed by atoms with van der Waals surface area (Å²) in [5.41, 5.74) is 1.74. The Balaban J connectivity index is 1.92. The first-order valence-electron chi connectivity index (χ1n) is 8.89. The molecule has 1 atom stereocenters. The Morgan fingerprint density at radius 1 is 1.00 bits per heavy atom. The van der Waals surface area contributed by atoms with E-state index < -0.39 is 18.1 Å². The molecule has 0 unspecified atom stereocenters. The van der Waals surface area contributed by atoms with Crippen LogP contribution in [-0.4, -0.2) is 31.8 Å². The smallest absolute Gasteiger partial charge is 0.408 e. The van der Waals surface area contributed by atoms with E-state index in [-0.39, 0.29) is 6.61 Å². The highest BCUT2D eigenvalue weighted by Crippen LogP contribution is 2.14. The van der Waals surface area contributed by atoms with E-state index in [2.05, 4.69) is 5.32 Å². The van der Waals surface area contributed by atoms with Crippen molar-refractivity contribution < 1.29 is 23.8 Å². The molecule has 0 saturated carbocycles. The van der Waals surface area contributed by atoms with Gasteiger partial charge in [-0.25, -0.2) is 9.59 Å². The van der Waals surface area contributed by atoms with Crippen LogP contribution in [0.2, 0.25) is 0 Å². The zero-order chi connectivity index (χ0) is 19.5. The molecule has 1 amide bonds. The highest BCUT2D eigenvalue weighted by molar-refractivity contribution is 5.81. The van der Waals surface area contributed by atoms with E-state index in [9.17, 15) is 9.59 Å². The van der Waals surface area contributed by atoms with Gasteiger partial charge in [-0.3, -0.25) is 0 Å². The molecule has 27 heavy (non-hydrogen) atoms. The Hall–Kier alpha value is -3.02. The number of esters is 1. The molecule has 0 saturated heterocycles. The molecule has 144 valence electrons. The van der Waals surface area contributed by atoms with Crippen molar-refractivity contribution in [2.75, 3.05) is 13.7 Å². The minimum atomic E-state index is -0.833. The molecule has 6 nitrogen and oxygen atoms in total. The van der Waals surface area contributed by atoms with Crippen LogP contribution < -0.4 is 10.1 Å². The molecule has 0 fully saturated rings. The summed E-state index contributed by atoms with van der Waals surface area (Å²) in [6, 6.07) is 15.9. The lowest BCUT2D eigenvalue weighted by Gasteiger charge is -2.17. The van der Waals surface area contributed by atoms with Crippen molar-refractivity contribution in [3.63, 3.8) is 0 Å². The van der Waals surface area contributed by atoms with E-state index in [1.807, 2.05) is 61.5 Å². The molecule has 0 spiro atoms. The fourth-order valence-corrected chi connectivity index (χ4v) is 2.42. The van der Waals surface area contributed by atoms with E-state index >= 15 is 0 Å². The molecule has 0 aliphatic rings. The Kier molecular flexibility index (Phi) is 8.16. The van der Waals surface area contributed by atoms with Crippen LogP contribution in [0.4, 0.5) is 4.79 Å². The van der Waals surface area contributed by atoms with Crippen molar-refractivity contribution in [2.45, 2.75) is 32.4 Å². The molecular weight excluding hydrogens is 346 g/mol. The van der Waals surface area contributed by atoms with Crippen LogP contribution >= 0.6 is 0 Å². The number of ether oxygens (including phenoxy) is 3. The lowest BCUT2D eigenvalue weighted by molar-refractivity contribution is -0.143. The van der Waals surface area contributed by atoms with Crippen LogP contribution in [0.3, 0.4) is 0 Å². The SMILES string of the molecule is CCCOc1ccc(C[C@H](NC(=O)OCc2ccccc2)C(=O)OC)cc1. The van der Waals surface area contributed by atoms with Crippen LogP contribution in [0.1, 0.15) is 24.5 Å². The Labute approximate surface area is 159 Å². The molecule has 0 heterocycles. The van der Waals surface area contributed by atoms with Gasteiger partial charge in [-0.2, -0.15) is 0 Å². The van der Waals surface area contributed by atoms with Gasteiger partial charge in [0.15, 0.2) is 0 Å². The largest absolute Gasteiger partial charge is 0.494 e. The second kappa shape index (κ2) is 10.9. The Morgan fingerprint density at radius 3 is 2.33 bits per heavy atom. The van der Waals surface area contributed by atoms with Gasteiger partial charge in [-0.05, 0) is 29.7 Å². The number of carbonyl (C=O) groups excluding carboxylic acids is 2. The summed E-state index contributed by atoms with van der Waals surface area (Å²) in [5.74, 6) is 0.239. The number of amides is 1. The lowest BCUT2D eigenvalue weighted by atomic mass is 10.1. The normalized spacial score (nSPS) is 11.3. The third-order valence-electron chi connectivity index (χ3n) is 3.83. The molecule has 2 aromatic carbocycles. The van der Waals surface area contributed by atoms with E-state index in [0.717, 1.165) is 23.3 Å². The molecule has 2 rings (SSSR count). The summed E-state index contributed by atoms with van der Waals surface area (Å²) in [6.07, 6.45) is 0.555. The maximum Gasteiger partial charge on any atom is 0.408 e. The number of alkyl carbamates (subject to hydrolysis) is 1. The highest BCUT2D eigenvalue weighted by atomic mass is 16.6. The number of carbonyl (C=O) groups is 2. The second-order valence-electron chi connectivity index (χ2n) is 5.98. The molecule has 0 aromatic heterocycles. The Bertz CT molecular complexity index is 715. The maximum absolute atomic E-state index is 12.0. The number of hydrogen-bond acceptors (Lipinski definition) is 5. The molecule has 0 aliphatic heterocycles. The summed E-state index contributed by atoms with van der Waals surface area (Å²) >= 11 is 0. The first kappa shape index (κ1) is 20.3. The van der Waals surface area contributed by atoms with Crippen LogP contribution in [0.25, 0.3) is 0 Å². The minimum absolute atomic E-state index is 0.129. The quantitative estimate of drug-likeness (QED) is 0.683. The molecule has 1 N–H and O–H groups in total. The maximum atomic E-state index is 12.0. The zero-order valence-electron chi connectivity index (χ0n) is 15.6. The monoisotopic (exact) mass is 371 g/mol. The predicted molar refractivity (Wildman–Crippen MR) is 101 cm³/mol. The van der Waals surface area contributed by atoms with Gasteiger partial charge in [0.1, 0.15) is 18.4 Å². The molecule has 0 radical (unpaired) electrons. The van der Waals surface area contributed by atoms with Crippen molar-refractivity contribution in [1.29, 1.82) is 0 Å². The van der Waals surface area contributed by atoms with Crippen molar-refractivity contribution in [3.8, 4) is 5.75 Å². The summed E-state index contributed by atoms with van der Waals surface area (Å²) in [7, 11) is 1.29. The van der Waals surface area contributed by atoms with Gasteiger partial charge in [0.05, 0.1) is 13.7 Å². The van der Waals surface area contributed by atoms with Gasteiger partial charge in [-0.15, -0.1) is 0 Å². The first-order chi connectivity index (χ1) is 13.1. The molecule has 0 aliphatic carbocycles. The predicted octanol–water partition coefficient (Wildman–Crippen LogP) is 3.49. The van der Waals surface area contributed by atoms with Gasteiger partial charge >= 0.3 is 12.1 Å². The van der Waals surface area contributed by atoms with Crippen LogP contribution in [0, 0.1) is 0 Å². The first-order valence-corrected chi connectivity index (χ1v) is 8.89. The van der Waals surface area contributed by atoms with Crippen molar-refractivity contribution in [1.82, 2.24) is 5.32 Å². The number of methoxy groups -OCH3 is 1. The number of hydrogen-bond donors (Lipinski definition) is 1. The lowest BCUT2D eigenvalue weighted by Crippen LogP contribution is -2.43. The van der Waals surface area contributed by atoms with Gasteiger partial charge in [0, 0.05) is 6.42 Å². The molecule has 0 bridgehead atoms. The summed E-state index contributed by atoms with van der Waals surface area (Å²) < 4.78 is 15.5. The standard InChI is InChI=1S/C21H25NO5/c1-3-13-26-18-11-9-16(10-12-18)14-19(20(23)25-2)22-21(24)27-15-17-7-5-4-6-8-17/h4-12,19H,3,13-15H2,1-2H3,(H,22,24)/t19-/m0/s1. The Morgan fingerprint density at radius 2 is 1.70 bits per heavy atom. The van der Waals surface area contributed by atoms with Crippen molar-refractivity contribution in [2.24, 2.45) is 0 Å². The van der Waals surface area contributed by atoms with Gasteiger partial charge < -0.3 is 19.5 Å². The number of rotatable bonds is 9. The number of nitrogens with one attached hydrogen (secondary N) is 1. The number of benzene rings is 2. The van der Waals surface area contributed by atoms with Crippen LogP contribution in [-0.2, 0) is 27.3 Å². The third-order valence-corrected chi connectivity index (χ3v) is 3.83. The van der Waals surface area contributed by atoms with Gasteiger partial charge in [0.2, 0.25) is 0 Å². The van der Waals surface area contributed by atoms with E-state index in [1.54, 1.807) is 0 Å². The molecule has 6 heteroatoms. The van der Waals surface area contributed by atoms with Gasteiger partial charge in [-0.1, -0.05) is 49.4 Å². The summed E-state index contributed by atoms with van der Waals surface area (Å²) in [5, 5.41) is 2.57. The van der Waals surface area contributed by atoms with E-state index in [4.69, 9.17) is 14.2 Å². The fourth-order valence-electron chi connectivity index (χ4n) is 2.42.